The number of aliphatic carboxylic acids is 1. The molecule has 0 aromatic rings. The smallest absolute Gasteiger partial charge is 0.408 e. The lowest BCUT2D eigenvalue weighted by atomic mass is 9.87. The fraction of sp³-hybridized carbons (Fsp3) is 0.778. The van der Waals surface area contributed by atoms with Gasteiger partial charge in [-0.2, -0.15) is 8.42 Å². The second-order valence-electron chi connectivity index (χ2n) is 4.43. The average Bonchev–Trinajstić information content (AvgIpc) is 2.13. The Morgan fingerprint density at radius 3 is 2.33 bits per heavy atom. The molecule has 9 heteroatoms. The highest BCUT2D eigenvalue weighted by atomic mass is 32.2. The van der Waals surface area contributed by atoms with Crippen molar-refractivity contribution in [3.05, 3.63) is 0 Å². The van der Waals surface area contributed by atoms with E-state index in [9.17, 15) is 18.0 Å². The summed E-state index contributed by atoms with van der Waals surface area (Å²) in [4.78, 5) is 23.0. The van der Waals surface area contributed by atoms with Crippen LogP contribution in [0.3, 0.4) is 0 Å². The molecule has 2 atom stereocenters. The molecule has 0 aromatic heterocycles. The quantitative estimate of drug-likeness (QED) is 0.695. The third-order valence-corrected chi connectivity index (χ3v) is 3.52. The van der Waals surface area contributed by atoms with Gasteiger partial charge in [0.15, 0.2) is 0 Å². The van der Waals surface area contributed by atoms with Crippen LogP contribution < -0.4 is 0 Å². The zero-order valence-corrected chi connectivity index (χ0v) is 10.8. The number of carbonyl (C=O) groups is 2. The van der Waals surface area contributed by atoms with E-state index in [4.69, 9.17) is 14.4 Å². The highest BCUT2D eigenvalue weighted by molar-refractivity contribution is 7.86. The molecule has 1 rings (SSSR count). The Balaban J connectivity index is 2.94. The van der Waals surface area contributed by atoms with E-state index in [1.807, 2.05) is 0 Å². The molecular weight excluding hydrogens is 266 g/mol. The van der Waals surface area contributed by atoms with Gasteiger partial charge in [-0.25, -0.2) is 9.59 Å². The molecule has 0 radical (unpaired) electrons. The second kappa shape index (κ2) is 4.73. The zero-order valence-electron chi connectivity index (χ0n) is 9.99. The fourth-order valence-electron chi connectivity index (χ4n) is 2.01. The van der Waals surface area contributed by atoms with Gasteiger partial charge < -0.3 is 10.2 Å². The highest BCUT2D eigenvalue weighted by Crippen LogP contribution is 2.30. The summed E-state index contributed by atoms with van der Waals surface area (Å²) in [5, 5.41) is 18.1. The Labute approximate surface area is 104 Å². The van der Waals surface area contributed by atoms with Gasteiger partial charge in [0.1, 0.15) is 5.54 Å². The van der Waals surface area contributed by atoms with Gasteiger partial charge in [-0.05, 0) is 13.3 Å². The fourth-order valence-corrected chi connectivity index (χ4v) is 2.67. The molecule has 104 valence electrons. The van der Waals surface area contributed by atoms with E-state index in [1.54, 1.807) is 0 Å². The summed E-state index contributed by atoms with van der Waals surface area (Å²) < 4.78 is 26.7. The highest BCUT2D eigenvalue weighted by Gasteiger charge is 2.48. The molecule has 1 saturated heterocycles. The minimum Gasteiger partial charge on any atom is -0.480 e. The van der Waals surface area contributed by atoms with Crippen LogP contribution in [0.1, 0.15) is 19.8 Å². The maximum Gasteiger partial charge on any atom is 0.408 e. The molecule has 0 saturated carbocycles. The molecule has 2 N–H and O–H groups in total. The van der Waals surface area contributed by atoms with Crippen molar-refractivity contribution < 1.29 is 32.4 Å². The van der Waals surface area contributed by atoms with E-state index >= 15 is 0 Å². The van der Waals surface area contributed by atoms with E-state index in [-0.39, 0.29) is 19.4 Å². The van der Waals surface area contributed by atoms with Gasteiger partial charge in [0.05, 0.1) is 12.4 Å². The number of carboxylic acid groups (broad SMARTS) is 2. The van der Waals surface area contributed by atoms with Crippen LogP contribution >= 0.6 is 0 Å². The van der Waals surface area contributed by atoms with Gasteiger partial charge in [0.2, 0.25) is 0 Å². The predicted molar refractivity (Wildman–Crippen MR) is 59.7 cm³/mol. The summed E-state index contributed by atoms with van der Waals surface area (Å²) in [5.41, 5.74) is -1.68. The van der Waals surface area contributed by atoms with Crippen molar-refractivity contribution in [2.24, 2.45) is 0 Å². The van der Waals surface area contributed by atoms with Gasteiger partial charge >= 0.3 is 12.1 Å². The summed E-state index contributed by atoms with van der Waals surface area (Å²) in [5.74, 6) is -1.33. The first-order valence-electron chi connectivity index (χ1n) is 5.18. The predicted octanol–water partition coefficient (Wildman–Crippen LogP) is -0.0517. The first-order valence-corrected chi connectivity index (χ1v) is 7.00. The minimum absolute atomic E-state index is 0.0850. The molecule has 0 spiro atoms. The van der Waals surface area contributed by atoms with Gasteiger partial charge in [0, 0.05) is 13.0 Å². The summed E-state index contributed by atoms with van der Waals surface area (Å²) in [7, 11) is -3.70. The van der Waals surface area contributed by atoms with Crippen LogP contribution in [0, 0.1) is 0 Å². The standard InChI is InChI=1S/C9H15NO7S/c1-9(7(11)12)5-6(17-18(2,15)16)3-4-10(9)8(13)14/h6H,3-5H2,1-2H3,(H,11,12)(H,13,14). The number of amides is 1. The van der Waals surface area contributed by atoms with Crippen molar-refractivity contribution in [3.63, 3.8) is 0 Å². The maximum atomic E-state index is 11.2. The summed E-state index contributed by atoms with van der Waals surface area (Å²) in [6.07, 6.45) is -1.37. The Morgan fingerprint density at radius 1 is 1.39 bits per heavy atom. The Hall–Kier alpha value is -1.35. The number of piperidine rings is 1. The van der Waals surface area contributed by atoms with Crippen molar-refractivity contribution in [2.75, 3.05) is 12.8 Å². The Kier molecular flexibility index (Phi) is 3.86. The van der Waals surface area contributed by atoms with E-state index in [0.717, 1.165) is 11.2 Å². The molecule has 8 nitrogen and oxygen atoms in total. The van der Waals surface area contributed by atoms with Crippen molar-refractivity contribution in [3.8, 4) is 0 Å². The summed E-state index contributed by atoms with van der Waals surface area (Å²) >= 11 is 0. The molecule has 18 heavy (non-hydrogen) atoms. The molecule has 0 aliphatic carbocycles. The Bertz CT molecular complexity index is 460. The second-order valence-corrected chi connectivity index (χ2v) is 6.03. The van der Waals surface area contributed by atoms with E-state index < -0.39 is 33.8 Å². The lowest BCUT2D eigenvalue weighted by Gasteiger charge is -2.42. The first kappa shape index (κ1) is 14.7. The van der Waals surface area contributed by atoms with Crippen molar-refractivity contribution >= 4 is 22.2 Å². The molecule has 0 aromatic carbocycles. The zero-order chi connectivity index (χ0) is 14.1. The molecular formula is C9H15NO7S. The van der Waals surface area contributed by atoms with E-state index in [2.05, 4.69) is 0 Å². The van der Waals surface area contributed by atoms with Gasteiger partial charge in [-0.3, -0.25) is 9.08 Å². The topological polar surface area (TPSA) is 121 Å². The first-order chi connectivity index (χ1) is 8.06. The average molecular weight is 281 g/mol. The lowest BCUT2D eigenvalue weighted by Crippen LogP contribution is -2.60. The van der Waals surface area contributed by atoms with E-state index in [0.29, 0.717) is 0 Å². The lowest BCUT2D eigenvalue weighted by molar-refractivity contribution is -0.153. The number of hydrogen-bond acceptors (Lipinski definition) is 5. The normalized spacial score (nSPS) is 29.0. The molecule has 1 aliphatic heterocycles. The third kappa shape index (κ3) is 3.10. The SMILES string of the molecule is CC1(C(=O)O)CC(OS(C)(=O)=O)CCN1C(=O)O. The number of nitrogens with zero attached hydrogens (tertiary/aromatic N) is 1. The molecule has 1 aliphatic rings. The van der Waals surface area contributed by atoms with Crippen LogP contribution in [-0.2, 0) is 19.1 Å². The Morgan fingerprint density at radius 2 is 1.94 bits per heavy atom. The van der Waals surface area contributed by atoms with Gasteiger partial charge in [0.25, 0.3) is 10.1 Å². The molecule has 1 heterocycles. The third-order valence-electron chi connectivity index (χ3n) is 2.90. The minimum atomic E-state index is -3.70. The number of rotatable bonds is 3. The van der Waals surface area contributed by atoms with Crippen LogP contribution in [0.2, 0.25) is 0 Å². The van der Waals surface area contributed by atoms with Gasteiger partial charge in [-0.15, -0.1) is 0 Å². The van der Waals surface area contributed by atoms with E-state index in [1.165, 1.54) is 6.92 Å². The van der Waals surface area contributed by atoms with Gasteiger partial charge in [-0.1, -0.05) is 0 Å². The number of likely N-dealkylation sites (tertiary alicyclic amines) is 1. The van der Waals surface area contributed by atoms with Crippen LogP contribution in [0.4, 0.5) is 4.79 Å². The van der Waals surface area contributed by atoms with Crippen LogP contribution in [0.15, 0.2) is 0 Å². The number of carboxylic acids is 1. The summed E-state index contributed by atoms with van der Waals surface area (Å²) in [6.45, 7) is 1.15. The molecule has 1 fully saturated rings. The number of hydrogen-bond donors (Lipinski definition) is 2. The van der Waals surface area contributed by atoms with Crippen molar-refractivity contribution in [2.45, 2.75) is 31.4 Å². The monoisotopic (exact) mass is 281 g/mol. The maximum absolute atomic E-state index is 11.2. The van der Waals surface area contributed by atoms with Crippen LogP contribution in [0.5, 0.6) is 0 Å². The molecule has 0 bridgehead atoms. The van der Waals surface area contributed by atoms with Crippen molar-refractivity contribution in [1.82, 2.24) is 4.90 Å². The summed E-state index contributed by atoms with van der Waals surface area (Å²) in [6, 6.07) is 0. The molecule has 1 amide bonds. The largest absolute Gasteiger partial charge is 0.480 e. The van der Waals surface area contributed by atoms with Crippen LogP contribution in [0.25, 0.3) is 0 Å². The van der Waals surface area contributed by atoms with Crippen molar-refractivity contribution in [1.29, 1.82) is 0 Å². The van der Waals surface area contributed by atoms with Crippen LogP contribution in [-0.4, -0.2) is 60.0 Å². The molecule has 2 unspecified atom stereocenters.